The quantitative estimate of drug-likeness (QED) is 0.859. The normalized spacial score (nSPS) is 21.5. The molecule has 1 aliphatic heterocycles. The van der Waals surface area contributed by atoms with Crippen molar-refractivity contribution in [1.29, 1.82) is 0 Å². The van der Waals surface area contributed by atoms with Crippen molar-refractivity contribution in [2.24, 2.45) is 5.73 Å². The van der Waals surface area contributed by atoms with E-state index in [1.165, 1.54) is 5.56 Å². The van der Waals surface area contributed by atoms with Gasteiger partial charge in [0.15, 0.2) is 0 Å². The van der Waals surface area contributed by atoms with Crippen LogP contribution < -0.4 is 5.73 Å². The Morgan fingerprint density at radius 2 is 2.18 bits per heavy atom. The van der Waals surface area contributed by atoms with Gasteiger partial charge >= 0.3 is 0 Å². The summed E-state index contributed by atoms with van der Waals surface area (Å²) >= 11 is 0. The number of nitrogens with zero attached hydrogens (tertiary/aromatic N) is 1. The highest BCUT2D eigenvalue weighted by atomic mass is 16.2. The highest BCUT2D eigenvalue weighted by Crippen LogP contribution is 2.21. The lowest BCUT2D eigenvalue weighted by Gasteiger charge is -2.26. The molecule has 1 fully saturated rings. The zero-order valence-electron chi connectivity index (χ0n) is 10.3. The van der Waals surface area contributed by atoms with Crippen LogP contribution in [-0.2, 0) is 11.2 Å². The van der Waals surface area contributed by atoms with E-state index in [-0.39, 0.29) is 11.9 Å². The molecule has 2 rings (SSSR count). The van der Waals surface area contributed by atoms with Crippen LogP contribution >= 0.6 is 0 Å². The molecule has 2 unspecified atom stereocenters. The average molecular weight is 232 g/mol. The van der Waals surface area contributed by atoms with Crippen molar-refractivity contribution in [1.82, 2.24) is 4.90 Å². The maximum Gasteiger partial charge on any atom is 0.239 e. The van der Waals surface area contributed by atoms with Crippen LogP contribution in [0.1, 0.15) is 25.3 Å². The monoisotopic (exact) mass is 232 g/mol. The molecule has 0 saturated carbocycles. The number of benzene rings is 1. The topological polar surface area (TPSA) is 46.3 Å². The van der Waals surface area contributed by atoms with Crippen molar-refractivity contribution in [2.45, 2.75) is 38.3 Å². The third-order valence-corrected chi connectivity index (χ3v) is 3.36. The molecular weight excluding hydrogens is 212 g/mol. The lowest BCUT2D eigenvalue weighted by molar-refractivity contribution is -0.132. The summed E-state index contributed by atoms with van der Waals surface area (Å²) in [4.78, 5) is 13.9. The van der Waals surface area contributed by atoms with Gasteiger partial charge in [0.05, 0.1) is 6.04 Å². The molecule has 0 aromatic heterocycles. The first kappa shape index (κ1) is 12.1. The Bertz CT molecular complexity index is 375. The van der Waals surface area contributed by atoms with Gasteiger partial charge in [0, 0.05) is 12.6 Å². The fraction of sp³-hybridized carbons (Fsp3) is 0.500. The lowest BCUT2D eigenvalue weighted by atomic mass is 10.0. The SMILES string of the molecule is CC(N)C(=O)N1CCCC1Cc1ccccc1. The van der Waals surface area contributed by atoms with Gasteiger partial charge in [-0.2, -0.15) is 0 Å². The van der Waals surface area contributed by atoms with Gasteiger partial charge < -0.3 is 10.6 Å². The van der Waals surface area contributed by atoms with Crippen LogP contribution in [0.2, 0.25) is 0 Å². The van der Waals surface area contributed by atoms with Crippen LogP contribution in [-0.4, -0.2) is 29.4 Å². The first-order valence-electron chi connectivity index (χ1n) is 6.28. The molecule has 1 heterocycles. The van der Waals surface area contributed by atoms with Crippen LogP contribution in [0, 0.1) is 0 Å². The highest BCUT2D eigenvalue weighted by Gasteiger charge is 2.29. The molecule has 0 radical (unpaired) electrons. The first-order valence-corrected chi connectivity index (χ1v) is 6.28. The van der Waals surface area contributed by atoms with Crippen molar-refractivity contribution in [3.05, 3.63) is 35.9 Å². The van der Waals surface area contributed by atoms with E-state index >= 15 is 0 Å². The number of hydrogen-bond donors (Lipinski definition) is 1. The predicted octanol–water partition coefficient (Wildman–Crippen LogP) is 1.57. The Morgan fingerprint density at radius 3 is 2.82 bits per heavy atom. The summed E-state index contributed by atoms with van der Waals surface area (Å²) in [5.74, 6) is 0.0865. The van der Waals surface area contributed by atoms with E-state index in [0.29, 0.717) is 6.04 Å². The molecular formula is C14H20N2O. The minimum atomic E-state index is -0.383. The molecule has 17 heavy (non-hydrogen) atoms. The van der Waals surface area contributed by atoms with E-state index in [2.05, 4.69) is 12.1 Å². The number of amides is 1. The summed E-state index contributed by atoms with van der Waals surface area (Å²) in [6, 6.07) is 10.3. The van der Waals surface area contributed by atoms with Crippen LogP contribution in [0.3, 0.4) is 0 Å². The zero-order valence-corrected chi connectivity index (χ0v) is 10.3. The Labute approximate surface area is 103 Å². The molecule has 1 amide bonds. The number of carbonyl (C=O) groups excluding carboxylic acids is 1. The Balaban J connectivity index is 2.03. The molecule has 2 atom stereocenters. The van der Waals surface area contributed by atoms with E-state index in [1.54, 1.807) is 6.92 Å². The van der Waals surface area contributed by atoms with Crippen molar-refractivity contribution in [3.8, 4) is 0 Å². The Morgan fingerprint density at radius 1 is 1.47 bits per heavy atom. The highest BCUT2D eigenvalue weighted by molar-refractivity contribution is 5.81. The summed E-state index contributed by atoms with van der Waals surface area (Å²) in [6.45, 7) is 2.62. The van der Waals surface area contributed by atoms with E-state index < -0.39 is 0 Å². The van der Waals surface area contributed by atoms with Gasteiger partial charge in [-0.25, -0.2) is 0 Å². The minimum Gasteiger partial charge on any atom is -0.338 e. The van der Waals surface area contributed by atoms with Gasteiger partial charge in [-0.05, 0) is 31.7 Å². The van der Waals surface area contributed by atoms with Crippen molar-refractivity contribution < 1.29 is 4.79 Å². The van der Waals surface area contributed by atoms with Gasteiger partial charge in [0.25, 0.3) is 0 Å². The molecule has 0 spiro atoms. The molecule has 1 aromatic rings. The maximum atomic E-state index is 11.9. The Kier molecular flexibility index (Phi) is 3.79. The van der Waals surface area contributed by atoms with Crippen molar-refractivity contribution >= 4 is 5.91 Å². The molecule has 92 valence electrons. The summed E-state index contributed by atoms with van der Waals surface area (Å²) in [6.07, 6.45) is 3.13. The second-order valence-corrected chi connectivity index (χ2v) is 4.81. The first-order chi connectivity index (χ1) is 8.18. The fourth-order valence-corrected chi connectivity index (χ4v) is 2.49. The largest absolute Gasteiger partial charge is 0.338 e. The van der Waals surface area contributed by atoms with Gasteiger partial charge in [-0.3, -0.25) is 4.79 Å². The smallest absolute Gasteiger partial charge is 0.239 e. The molecule has 2 N–H and O–H groups in total. The van der Waals surface area contributed by atoms with Gasteiger partial charge in [0.2, 0.25) is 5.91 Å². The maximum absolute atomic E-state index is 11.9. The number of carbonyl (C=O) groups is 1. The molecule has 0 aliphatic carbocycles. The fourth-order valence-electron chi connectivity index (χ4n) is 2.49. The third kappa shape index (κ3) is 2.86. The van der Waals surface area contributed by atoms with Crippen LogP contribution in [0.25, 0.3) is 0 Å². The summed E-state index contributed by atoms with van der Waals surface area (Å²) < 4.78 is 0. The van der Waals surface area contributed by atoms with Crippen LogP contribution in [0.4, 0.5) is 0 Å². The van der Waals surface area contributed by atoms with Gasteiger partial charge in [-0.1, -0.05) is 30.3 Å². The summed E-state index contributed by atoms with van der Waals surface area (Å²) in [5.41, 5.74) is 6.97. The molecule has 3 heteroatoms. The zero-order chi connectivity index (χ0) is 12.3. The summed E-state index contributed by atoms with van der Waals surface area (Å²) in [7, 11) is 0. The lowest BCUT2D eigenvalue weighted by Crippen LogP contribution is -2.45. The number of hydrogen-bond acceptors (Lipinski definition) is 2. The van der Waals surface area contributed by atoms with E-state index in [4.69, 9.17) is 5.73 Å². The second kappa shape index (κ2) is 5.32. The molecule has 1 aromatic carbocycles. The predicted molar refractivity (Wildman–Crippen MR) is 68.5 cm³/mol. The van der Waals surface area contributed by atoms with Crippen LogP contribution in [0.5, 0.6) is 0 Å². The summed E-state index contributed by atoms with van der Waals surface area (Å²) in [5, 5.41) is 0. The minimum absolute atomic E-state index is 0.0865. The van der Waals surface area contributed by atoms with E-state index in [1.807, 2.05) is 23.1 Å². The molecule has 1 aliphatic rings. The number of likely N-dealkylation sites (tertiary alicyclic amines) is 1. The number of rotatable bonds is 3. The van der Waals surface area contributed by atoms with Crippen molar-refractivity contribution in [3.63, 3.8) is 0 Å². The van der Waals surface area contributed by atoms with Crippen LogP contribution in [0.15, 0.2) is 30.3 Å². The molecule has 3 nitrogen and oxygen atoms in total. The standard InChI is InChI=1S/C14H20N2O/c1-11(15)14(17)16-9-5-8-13(16)10-12-6-3-2-4-7-12/h2-4,6-7,11,13H,5,8-10,15H2,1H3. The Hall–Kier alpha value is -1.35. The third-order valence-electron chi connectivity index (χ3n) is 3.36. The number of nitrogens with two attached hydrogens (primary N) is 1. The molecule has 0 bridgehead atoms. The average Bonchev–Trinajstić information content (AvgIpc) is 2.77. The van der Waals surface area contributed by atoms with Crippen molar-refractivity contribution in [2.75, 3.05) is 6.54 Å². The second-order valence-electron chi connectivity index (χ2n) is 4.81. The van der Waals surface area contributed by atoms with E-state index in [9.17, 15) is 4.79 Å². The van der Waals surface area contributed by atoms with E-state index in [0.717, 1.165) is 25.8 Å². The molecule has 1 saturated heterocycles. The van der Waals surface area contributed by atoms with Gasteiger partial charge in [0.1, 0.15) is 0 Å². The van der Waals surface area contributed by atoms with Gasteiger partial charge in [-0.15, -0.1) is 0 Å².